The van der Waals surface area contributed by atoms with Gasteiger partial charge in [0.15, 0.2) is 6.61 Å². The number of esters is 1. The Morgan fingerprint density at radius 3 is 1.82 bits per heavy atom. The zero-order chi connectivity index (χ0) is 28.3. The SMILES string of the molecule is O=C(COC(=O)CN1C(=O)[C@@H]2C3c4ccccc4C(c4ccccc43)[C@H]2C1=O)Nc1cc(C(F)(F)F)ccc1Cl. The van der Waals surface area contributed by atoms with E-state index in [0.29, 0.717) is 6.07 Å². The van der Waals surface area contributed by atoms with Crippen LogP contribution in [0, 0.1) is 11.8 Å². The molecule has 2 bridgehead atoms. The molecular weight excluding hydrogens is 549 g/mol. The van der Waals surface area contributed by atoms with Gasteiger partial charge in [-0.2, -0.15) is 13.2 Å². The molecule has 3 aromatic rings. The van der Waals surface area contributed by atoms with Gasteiger partial charge in [0, 0.05) is 11.8 Å². The number of hydrogen-bond donors (Lipinski definition) is 1. The van der Waals surface area contributed by atoms with Crippen LogP contribution in [0.4, 0.5) is 18.9 Å². The van der Waals surface area contributed by atoms with Gasteiger partial charge in [0.1, 0.15) is 6.54 Å². The lowest BCUT2D eigenvalue weighted by molar-refractivity contribution is -0.154. The third-order valence-corrected chi connectivity index (χ3v) is 8.09. The number of benzene rings is 3. The average molecular weight is 569 g/mol. The standard InChI is InChI=1S/C29H20ClF3N2O5/c30-19-10-9-14(29(31,32)33)11-20(19)34-21(36)13-40-22(37)12-35-27(38)25-23-15-5-1-2-6-16(15)24(26(25)28(35)39)18-8-4-3-7-17(18)23/h1-11,23-26H,12-13H2,(H,34,36)/t23?,24?,25-,26-/m1/s1. The molecule has 2 atom stereocenters. The molecule has 11 heteroatoms. The van der Waals surface area contributed by atoms with Crippen LogP contribution in [0.1, 0.15) is 39.7 Å². The fraction of sp³-hybridized carbons (Fsp3) is 0.241. The largest absolute Gasteiger partial charge is 0.454 e. The number of likely N-dealkylation sites (tertiary alicyclic amines) is 1. The lowest BCUT2D eigenvalue weighted by Gasteiger charge is -2.45. The molecule has 0 radical (unpaired) electrons. The highest BCUT2D eigenvalue weighted by atomic mass is 35.5. The van der Waals surface area contributed by atoms with Crippen LogP contribution in [-0.4, -0.2) is 41.7 Å². The van der Waals surface area contributed by atoms with E-state index in [1.54, 1.807) is 0 Å². The van der Waals surface area contributed by atoms with Crippen molar-refractivity contribution in [2.24, 2.45) is 11.8 Å². The molecule has 0 aromatic heterocycles. The smallest absolute Gasteiger partial charge is 0.416 e. The number of anilines is 1. The van der Waals surface area contributed by atoms with Crippen molar-refractivity contribution in [3.63, 3.8) is 0 Å². The van der Waals surface area contributed by atoms with Crippen molar-refractivity contribution >= 4 is 41.0 Å². The molecule has 7 rings (SSSR count). The van der Waals surface area contributed by atoms with E-state index in [0.717, 1.165) is 39.3 Å². The Hall–Kier alpha value is -4.18. The first-order valence-electron chi connectivity index (χ1n) is 12.4. The second-order valence-corrected chi connectivity index (χ2v) is 10.3. The molecule has 0 unspecified atom stereocenters. The van der Waals surface area contributed by atoms with Gasteiger partial charge >= 0.3 is 12.1 Å². The minimum Gasteiger partial charge on any atom is -0.454 e. The van der Waals surface area contributed by atoms with Crippen LogP contribution in [0.25, 0.3) is 0 Å². The maximum absolute atomic E-state index is 13.5. The van der Waals surface area contributed by atoms with Gasteiger partial charge in [0.25, 0.3) is 5.91 Å². The van der Waals surface area contributed by atoms with Crippen molar-refractivity contribution in [3.05, 3.63) is 99.6 Å². The molecular formula is C29H20ClF3N2O5. The first kappa shape index (κ1) is 26.1. The van der Waals surface area contributed by atoms with Crippen LogP contribution in [0.3, 0.4) is 0 Å². The zero-order valence-electron chi connectivity index (χ0n) is 20.6. The molecule has 3 amide bonds. The Bertz CT molecular complexity index is 1470. The highest BCUT2D eigenvalue weighted by Crippen LogP contribution is 2.60. The van der Waals surface area contributed by atoms with E-state index in [-0.39, 0.29) is 22.5 Å². The zero-order valence-corrected chi connectivity index (χ0v) is 21.3. The number of carbonyl (C=O) groups is 4. The maximum Gasteiger partial charge on any atom is 0.416 e. The van der Waals surface area contributed by atoms with Crippen molar-refractivity contribution < 1.29 is 37.1 Å². The number of carbonyl (C=O) groups excluding carboxylic acids is 4. The van der Waals surface area contributed by atoms with E-state index in [2.05, 4.69) is 5.32 Å². The number of halogens is 4. The van der Waals surface area contributed by atoms with Crippen molar-refractivity contribution in [2.45, 2.75) is 18.0 Å². The van der Waals surface area contributed by atoms with Gasteiger partial charge in [-0.15, -0.1) is 0 Å². The summed E-state index contributed by atoms with van der Waals surface area (Å²) in [6.45, 7) is -1.54. The lowest BCUT2D eigenvalue weighted by atomic mass is 9.55. The van der Waals surface area contributed by atoms with E-state index < -0.39 is 60.4 Å². The topological polar surface area (TPSA) is 92.8 Å². The third kappa shape index (κ3) is 4.14. The quantitative estimate of drug-likeness (QED) is 0.355. The normalized spacial score (nSPS) is 22.4. The summed E-state index contributed by atoms with van der Waals surface area (Å²) >= 11 is 5.88. The molecule has 1 heterocycles. The van der Waals surface area contributed by atoms with Crippen LogP contribution in [0.2, 0.25) is 5.02 Å². The highest BCUT2D eigenvalue weighted by Gasteiger charge is 2.61. The van der Waals surface area contributed by atoms with Gasteiger partial charge in [-0.3, -0.25) is 24.1 Å². The Kier molecular flexibility index (Phi) is 6.18. The Morgan fingerprint density at radius 1 is 0.850 bits per heavy atom. The molecule has 40 heavy (non-hydrogen) atoms. The van der Waals surface area contributed by atoms with Crippen molar-refractivity contribution in [3.8, 4) is 0 Å². The molecule has 0 saturated carbocycles. The summed E-state index contributed by atoms with van der Waals surface area (Å²) < 4.78 is 43.9. The molecule has 1 fully saturated rings. The number of nitrogens with one attached hydrogen (secondary N) is 1. The second-order valence-electron chi connectivity index (χ2n) is 9.93. The first-order chi connectivity index (χ1) is 19.1. The van der Waals surface area contributed by atoms with E-state index in [4.69, 9.17) is 16.3 Å². The van der Waals surface area contributed by atoms with E-state index in [1.807, 2.05) is 48.5 Å². The van der Waals surface area contributed by atoms with Gasteiger partial charge in [-0.25, -0.2) is 0 Å². The molecule has 1 saturated heterocycles. The number of ether oxygens (including phenoxy) is 1. The van der Waals surface area contributed by atoms with Crippen molar-refractivity contribution in [1.29, 1.82) is 0 Å². The molecule has 1 N–H and O–H groups in total. The number of hydrogen-bond acceptors (Lipinski definition) is 5. The van der Waals surface area contributed by atoms with Gasteiger partial charge < -0.3 is 10.1 Å². The summed E-state index contributed by atoms with van der Waals surface area (Å²) in [5.74, 6) is -4.90. The van der Waals surface area contributed by atoms with Crippen LogP contribution < -0.4 is 5.32 Å². The fourth-order valence-electron chi connectivity index (χ4n) is 6.20. The first-order valence-corrected chi connectivity index (χ1v) is 12.8. The van der Waals surface area contributed by atoms with E-state index in [1.165, 1.54) is 0 Å². The van der Waals surface area contributed by atoms with Gasteiger partial charge in [-0.05, 0) is 40.5 Å². The Labute approximate surface area is 230 Å². The second kappa shape index (κ2) is 9.48. The fourth-order valence-corrected chi connectivity index (χ4v) is 6.36. The number of alkyl halides is 3. The lowest BCUT2D eigenvalue weighted by Crippen LogP contribution is -2.41. The Balaban J connectivity index is 1.15. The number of imide groups is 1. The minimum absolute atomic E-state index is 0.139. The van der Waals surface area contributed by atoms with Crippen LogP contribution in [-0.2, 0) is 30.1 Å². The minimum atomic E-state index is -4.65. The summed E-state index contributed by atoms with van der Waals surface area (Å²) in [4.78, 5) is 52.8. The summed E-state index contributed by atoms with van der Waals surface area (Å²) in [6.07, 6.45) is -4.65. The Morgan fingerprint density at radius 2 is 1.35 bits per heavy atom. The summed E-state index contributed by atoms with van der Waals surface area (Å²) in [7, 11) is 0. The maximum atomic E-state index is 13.5. The average Bonchev–Trinajstić information content (AvgIpc) is 3.18. The predicted octanol–water partition coefficient (Wildman–Crippen LogP) is 4.73. The molecule has 3 aromatic carbocycles. The van der Waals surface area contributed by atoms with Crippen LogP contribution in [0.15, 0.2) is 66.7 Å². The molecule has 1 aliphatic heterocycles. The molecule has 3 aliphatic carbocycles. The van der Waals surface area contributed by atoms with E-state index in [9.17, 15) is 32.3 Å². The summed E-state index contributed by atoms with van der Waals surface area (Å²) in [5, 5.41) is 2.04. The van der Waals surface area contributed by atoms with Crippen LogP contribution >= 0.6 is 11.6 Å². The van der Waals surface area contributed by atoms with Gasteiger partial charge in [0.05, 0.1) is 28.1 Å². The number of nitrogens with zero attached hydrogens (tertiary/aromatic N) is 1. The summed E-state index contributed by atoms with van der Waals surface area (Å²) in [6, 6.07) is 17.8. The van der Waals surface area contributed by atoms with E-state index >= 15 is 0 Å². The van der Waals surface area contributed by atoms with Crippen molar-refractivity contribution in [2.75, 3.05) is 18.5 Å². The molecule has 204 valence electrons. The van der Waals surface area contributed by atoms with Gasteiger partial charge in [0.2, 0.25) is 11.8 Å². The number of rotatable bonds is 5. The predicted molar refractivity (Wildman–Crippen MR) is 136 cm³/mol. The highest BCUT2D eigenvalue weighted by molar-refractivity contribution is 6.33. The van der Waals surface area contributed by atoms with Gasteiger partial charge in [-0.1, -0.05) is 60.1 Å². The van der Waals surface area contributed by atoms with Crippen LogP contribution in [0.5, 0.6) is 0 Å². The molecule has 7 nitrogen and oxygen atoms in total. The number of amides is 3. The molecule has 4 aliphatic rings. The summed E-state index contributed by atoms with van der Waals surface area (Å²) in [5.41, 5.74) is 2.63. The molecule has 0 spiro atoms. The monoisotopic (exact) mass is 568 g/mol. The third-order valence-electron chi connectivity index (χ3n) is 7.76. The van der Waals surface area contributed by atoms with Crippen molar-refractivity contribution in [1.82, 2.24) is 4.90 Å².